The number of hydrogen-bond donors (Lipinski definition) is 1. The highest BCUT2D eigenvalue weighted by Crippen LogP contribution is 2.38. The fourth-order valence-corrected chi connectivity index (χ4v) is 3.28. The summed E-state index contributed by atoms with van der Waals surface area (Å²) < 4.78 is 2.21. The van der Waals surface area contributed by atoms with E-state index in [4.69, 9.17) is 5.73 Å². The van der Waals surface area contributed by atoms with Gasteiger partial charge in [-0.3, -0.25) is 0 Å². The Bertz CT molecular complexity index is 471. The van der Waals surface area contributed by atoms with E-state index in [9.17, 15) is 5.26 Å². The van der Waals surface area contributed by atoms with Crippen molar-refractivity contribution in [2.24, 2.45) is 5.92 Å². The zero-order chi connectivity index (χ0) is 13.3. The number of aromatic nitrogens is 1. The second kappa shape index (κ2) is 5.06. The van der Waals surface area contributed by atoms with E-state index in [1.54, 1.807) is 0 Å². The molecule has 1 aliphatic carbocycles. The van der Waals surface area contributed by atoms with Gasteiger partial charge in [-0.25, -0.2) is 0 Å². The minimum Gasteiger partial charge on any atom is -0.384 e. The van der Waals surface area contributed by atoms with Crippen molar-refractivity contribution in [2.75, 3.05) is 5.73 Å². The first kappa shape index (κ1) is 13.0. The molecule has 1 aromatic heterocycles. The monoisotopic (exact) mass is 245 g/mol. The van der Waals surface area contributed by atoms with E-state index < -0.39 is 0 Å². The number of anilines is 1. The Morgan fingerprint density at radius 1 is 1.28 bits per heavy atom. The lowest BCUT2D eigenvalue weighted by Gasteiger charge is -2.30. The molecule has 2 N–H and O–H groups in total. The van der Waals surface area contributed by atoms with Gasteiger partial charge in [-0.15, -0.1) is 0 Å². The topological polar surface area (TPSA) is 54.7 Å². The van der Waals surface area contributed by atoms with Crippen LogP contribution in [0.3, 0.4) is 0 Å². The van der Waals surface area contributed by atoms with Gasteiger partial charge in [0, 0.05) is 11.7 Å². The SMILES string of the molecule is CCC1CCC(n2c(C)c(C)c(C#N)c2N)CC1. The summed E-state index contributed by atoms with van der Waals surface area (Å²) in [5.74, 6) is 1.56. The Labute approximate surface area is 110 Å². The molecule has 1 aliphatic rings. The molecular weight excluding hydrogens is 222 g/mol. The van der Waals surface area contributed by atoms with Gasteiger partial charge in [-0.2, -0.15) is 5.26 Å². The molecule has 2 rings (SSSR count). The minimum absolute atomic E-state index is 0.494. The molecule has 0 amide bonds. The number of nitrogen functional groups attached to an aromatic ring is 1. The molecule has 3 heteroatoms. The standard InChI is InChI=1S/C15H23N3/c1-4-12-5-7-13(8-6-12)18-11(3)10(2)14(9-16)15(18)17/h12-13H,4-8,17H2,1-3H3. The van der Waals surface area contributed by atoms with Crippen LogP contribution in [0, 0.1) is 31.1 Å². The van der Waals surface area contributed by atoms with Gasteiger partial charge in [-0.1, -0.05) is 13.3 Å². The van der Waals surface area contributed by atoms with Crippen LogP contribution >= 0.6 is 0 Å². The Kier molecular flexibility index (Phi) is 3.65. The highest BCUT2D eigenvalue weighted by Gasteiger charge is 2.25. The molecule has 0 aromatic carbocycles. The summed E-state index contributed by atoms with van der Waals surface area (Å²) >= 11 is 0. The number of nitrogens with zero attached hydrogens (tertiary/aromatic N) is 2. The van der Waals surface area contributed by atoms with Crippen molar-refractivity contribution in [3.8, 4) is 6.07 Å². The number of nitriles is 1. The first-order chi connectivity index (χ1) is 8.60. The van der Waals surface area contributed by atoms with Gasteiger partial charge in [0.1, 0.15) is 11.9 Å². The lowest BCUT2D eigenvalue weighted by atomic mass is 9.84. The summed E-state index contributed by atoms with van der Waals surface area (Å²) in [5, 5.41) is 9.17. The number of hydrogen-bond acceptors (Lipinski definition) is 2. The number of nitrogens with two attached hydrogens (primary N) is 1. The second-order valence-electron chi connectivity index (χ2n) is 5.54. The molecule has 0 bridgehead atoms. The van der Waals surface area contributed by atoms with E-state index in [0.29, 0.717) is 17.4 Å². The van der Waals surface area contributed by atoms with E-state index in [2.05, 4.69) is 24.5 Å². The van der Waals surface area contributed by atoms with Gasteiger partial charge >= 0.3 is 0 Å². The smallest absolute Gasteiger partial charge is 0.122 e. The van der Waals surface area contributed by atoms with Crippen LogP contribution in [-0.4, -0.2) is 4.57 Å². The van der Waals surface area contributed by atoms with Gasteiger partial charge in [0.2, 0.25) is 0 Å². The summed E-state index contributed by atoms with van der Waals surface area (Å²) in [6, 6.07) is 2.73. The molecule has 0 spiro atoms. The molecular formula is C15H23N3. The predicted molar refractivity (Wildman–Crippen MR) is 74.3 cm³/mol. The van der Waals surface area contributed by atoms with E-state index in [1.807, 2.05) is 6.92 Å². The Balaban J connectivity index is 2.28. The first-order valence-corrected chi connectivity index (χ1v) is 6.97. The van der Waals surface area contributed by atoms with Crippen molar-refractivity contribution in [1.29, 1.82) is 5.26 Å². The summed E-state index contributed by atoms with van der Waals surface area (Å²) in [6.07, 6.45) is 6.26. The third kappa shape index (κ3) is 2.01. The summed E-state index contributed by atoms with van der Waals surface area (Å²) in [6.45, 7) is 6.36. The van der Waals surface area contributed by atoms with Crippen molar-refractivity contribution >= 4 is 5.82 Å². The van der Waals surface area contributed by atoms with Gasteiger partial charge in [0.05, 0.1) is 5.56 Å². The lowest BCUT2D eigenvalue weighted by Crippen LogP contribution is -2.20. The van der Waals surface area contributed by atoms with Crippen molar-refractivity contribution in [3.05, 3.63) is 16.8 Å². The molecule has 3 nitrogen and oxygen atoms in total. The van der Waals surface area contributed by atoms with Gasteiger partial charge in [-0.05, 0) is 51.0 Å². The third-order valence-corrected chi connectivity index (χ3v) is 4.67. The molecule has 0 aliphatic heterocycles. The van der Waals surface area contributed by atoms with Crippen molar-refractivity contribution in [3.63, 3.8) is 0 Å². The summed E-state index contributed by atoms with van der Waals surface area (Å²) in [5.41, 5.74) is 9.04. The van der Waals surface area contributed by atoms with Gasteiger partial charge in [0.15, 0.2) is 0 Å². The Morgan fingerprint density at radius 3 is 2.33 bits per heavy atom. The van der Waals surface area contributed by atoms with Gasteiger partial charge < -0.3 is 10.3 Å². The van der Waals surface area contributed by atoms with E-state index in [0.717, 1.165) is 11.5 Å². The van der Waals surface area contributed by atoms with Crippen LogP contribution in [0.5, 0.6) is 0 Å². The molecule has 1 aromatic rings. The largest absolute Gasteiger partial charge is 0.384 e. The Hall–Kier alpha value is -1.43. The van der Waals surface area contributed by atoms with Crippen molar-refractivity contribution in [2.45, 2.75) is 58.9 Å². The average molecular weight is 245 g/mol. The highest BCUT2D eigenvalue weighted by molar-refractivity contribution is 5.58. The third-order valence-electron chi connectivity index (χ3n) is 4.67. The summed E-state index contributed by atoms with van der Waals surface area (Å²) in [4.78, 5) is 0. The quantitative estimate of drug-likeness (QED) is 0.863. The molecule has 0 unspecified atom stereocenters. The molecule has 0 saturated heterocycles. The van der Waals surface area contributed by atoms with Crippen molar-refractivity contribution in [1.82, 2.24) is 4.57 Å². The zero-order valence-electron chi connectivity index (χ0n) is 11.7. The van der Waals surface area contributed by atoms with Crippen LogP contribution in [0.15, 0.2) is 0 Å². The van der Waals surface area contributed by atoms with Crippen LogP contribution in [0.4, 0.5) is 5.82 Å². The molecule has 1 heterocycles. The average Bonchev–Trinajstić information content (AvgIpc) is 2.60. The van der Waals surface area contributed by atoms with Crippen LogP contribution in [0.1, 0.15) is 61.9 Å². The lowest BCUT2D eigenvalue weighted by molar-refractivity contribution is 0.269. The van der Waals surface area contributed by atoms with Crippen LogP contribution in [0.25, 0.3) is 0 Å². The molecule has 1 saturated carbocycles. The maximum atomic E-state index is 9.17. The van der Waals surface area contributed by atoms with Crippen LogP contribution < -0.4 is 5.73 Å². The first-order valence-electron chi connectivity index (χ1n) is 6.97. The molecule has 98 valence electrons. The van der Waals surface area contributed by atoms with Crippen molar-refractivity contribution < 1.29 is 0 Å². The van der Waals surface area contributed by atoms with Crippen LogP contribution in [-0.2, 0) is 0 Å². The minimum atomic E-state index is 0.494. The van der Waals surface area contributed by atoms with E-state index in [1.165, 1.54) is 37.8 Å². The number of rotatable bonds is 2. The predicted octanol–water partition coefficient (Wildman–Crippen LogP) is 3.70. The van der Waals surface area contributed by atoms with Crippen LogP contribution in [0.2, 0.25) is 0 Å². The van der Waals surface area contributed by atoms with Gasteiger partial charge in [0.25, 0.3) is 0 Å². The normalized spacial score (nSPS) is 23.9. The molecule has 18 heavy (non-hydrogen) atoms. The highest BCUT2D eigenvalue weighted by atomic mass is 15.1. The molecule has 0 atom stereocenters. The maximum Gasteiger partial charge on any atom is 0.122 e. The molecule has 0 radical (unpaired) electrons. The van der Waals surface area contributed by atoms with E-state index >= 15 is 0 Å². The fourth-order valence-electron chi connectivity index (χ4n) is 3.28. The fraction of sp³-hybridized carbons (Fsp3) is 0.667. The maximum absolute atomic E-state index is 9.17. The second-order valence-corrected chi connectivity index (χ2v) is 5.54. The Morgan fingerprint density at radius 2 is 1.89 bits per heavy atom. The van der Waals surface area contributed by atoms with E-state index in [-0.39, 0.29) is 0 Å². The summed E-state index contributed by atoms with van der Waals surface area (Å²) in [7, 11) is 0. The molecule has 1 fully saturated rings. The zero-order valence-corrected chi connectivity index (χ0v) is 11.7.